The molecule has 2 heterocycles. The summed E-state index contributed by atoms with van der Waals surface area (Å²) in [6.45, 7) is 8.32. The maximum atomic E-state index is 12.6. The summed E-state index contributed by atoms with van der Waals surface area (Å²) in [4.78, 5) is 33.0. The lowest BCUT2D eigenvalue weighted by atomic mass is 10.1. The molecule has 0 unspecified atom stereocenters. The highest BCUT2D eigenvalue weighted by molar-refractivity contribution is 7.99. The highest BCUT2D eigenvalue weighted by Crippen LogP contribution is 2.32. The third-order valence-corrected chi connectivity index (χ3v) is 5.32. The fraction of sp³-hybridized carbons (Fsp3) is 0.286. The van der Waals surface area contributed by atoms with E-state index < -0.39 is 5.69 Å². The van der Waals surface area contributed by atoms with Crippen molar-refractivity contribution in [2.75, 3.05) is 0 Å². The van der Waals surface area contributed by atoms with E-state index in [4.69, 9.17) is 0 Å². The van der Waals surface area contributed by atoms with Crippen molar-refractivity contribution in [1.82, 2.24) is 14.5 Å². The number of H-pyrrole nitrogens is 1. The van der Waals surface area contributed by atoms with Gasteiger partial charge < -0.3 is 0 Å². The molecule has 0 bridgehead atoms. The Kier molecular flexibility index (Phi) is 5.65. The second-order valence-electron chi connectivity index (χ2n) is 6.97. The van der Waals surface area contributed by atoms with E-state index in [9.17, 15) is 9.59 Å². The Balaban J connectivity index is 2.18. The second-order valence-corrected chi connectivity index (χ2v) is 8.03. The molecule has 27 heavy (non-hydrogen) atoms. The first-order valence-electron chi connectivity index (χ1n) is 8.88. The van der Waals surface area contributed by atoms with Crippen molar-refractivity contribution in [3.8, 4) is 0 Å². The van der Waals surface area contributed by atoms with Crippen LogP contribution in [0.3, 0.4) is 0 Å². The van der Waals surface area contributed by atoms with E-state index in [1.807, 2.05) is 45.9 Å². The quantitative estimate of drug-likeness (QED) is 0.681. The predicted octanol–water partition coefficient (Wildman–Crippen LogP) is 3.87. The van der Waals surface area contributed by atoms with Gasteiger partial charge in [0.1, 0.15) is 0 Å². The zero-order chi connectivity index (χ0) is 19.6. The third-order valence-electron chi connectivity index (χ3n) is 4.22. The molecule has 3 aromatic rings. The number of pyridine rings is 1. The van der Waals surface area contributed by atoms with E-state index in [0.717, 1.165) is 21.7 Å². The van der Waals surface area contributed by atoms with Crippen LogP contribution in [0, 0.1) is 13.8 Å². The van der Waals surface area contributed by atoms with Crippen LogP contribution in [0.15, 0.2) is 62.1 Å². The molecule has 0 aliphatic carbocycles. The molecule has 0 atom stereocenters. The molecule has 0 spiro atoms. The number of nitrogens with zero attached hydrogens (tertiary/aromatic N) is 2. The SMILES string of the molecule is Cc1cc(C)cc(Sc2c(C(C)C)c(=O)[nH]c(=O)n2Cc2ccccn2)c1. The summed E-state index contributed by atoms with van der Waals surface area (Å²) in [7, 11) is 0. The first-order valence-corrected chi connectivity index (χ1v) is 9.70. The average molecular weight is 382 g/mol. The van der Waals surface area contributed by atoms with Crippen molar-refractivity contribution >= 4 is 11.8 Å². The molecule has 6 heteroatoms. The maximum Gasteiger partial charge on any atom is 0.329 e. The van der Waals surface area contributed by atoms with Crippen LogP contribution >= 0.6 is 11.8 Å². The van der Waals surface area contributed by atoms with Gasteiger partial charge in [-0.05, 0) is 55.2 Å². The molecular formula is C21H23N3O2S. The molecule has 0 fully saturated rings. The molecular weight excluding hydrogens is 358 g/mol. The first-order chi connectivity index (χ1) is 12.8. The Morgan fingerprint density at radius 3 is 2.41 bits per heavy atom. The number of benzene rings is 1. The number of rotatable bonds is 5. The molecule has 2 aromatic heterocycles. The number of aromatic nitrogens is 3. The Morgan fingerprint density at radius 1 is 1.11 bits per heavy atom. The van der Waals surface area contributed by atoms with Crippen molar-refractivity contribution in [3.63, 3.8) is 0 Å². The van der Waals surface area contributed by atoms with Crippen LogP contribution < -0.4 is 11.2 Å². The fourth-order valence-corrected chi connectivity index (χ4v) is 4.50. The Labute approximate surface area is 162 Å². The standard InChI is InChI=1S/C21H23N3O2S/c1-13(2)18-19(25)23-21(26)24(12-16-7-5-6-8-22-16)20(18)27-17-10-14(3)9-15(4)11-17/h5-11,13H,12H2,1-4H3,(H,23,25,26). The van der Waals surface area contributed by atoms with Crippen LogP contribution in [0.25, 0.3) is 0 Å². The largest absolute Gasteiger partial charge is 0.329 e. The summed E-state index contributed by atoms with van der Waals surface area (Å²) in [5, 5.41) is 0.675. The van der Waals surface area contributed by atoms with Gasteiger partial charge in [0.25, 0.3) is 5.56 Å². The molecule has 1 N–H and O–H groups in total. The minimum absolute atomic E-state index is 0.0160. The van der Waals surface area contributed by atoms with Gasteiger partial charge in [0.15, 0.2) is 0 Å². The fourth-order valence-electron chi connectivity index (χ4n) is 3.09. The normalized spacial score (nSPS) is 11.1. The van der Waals surface area contributed by atoms with Crippen molar-refractivity contribution < 1.29 is 0 Å². The van der Waals surface area contributed by atoms with Crippen molar-refractivity contribution in [2.24, 2.45) is 0 Å². The third kappa shape index (κ3) is 4.39. The van der Waals surface area contributed by atoms with Gasteiger partial charge in [-0.3, -0.25) is 19.3 Å². The van der Waals surface area contributed by atoms with Crippen molar-refractivity contribution in [1.29, 1.82) is 0 Å². The molecule has 0 saturated heterocycles. The smallest absolute Gasteiger partial charge is 0.281 e. The Morgan fingerprint density at radius 2 is 1.81 bits per heavy atom. The molecule has 5 nitrogen and oxygen atoms in total. The highest BCUT2D eigenvalue weighted by atomic mass is 32.2. The molecule has 140 valence electrons. The van der Waals surface area contributed by atoms with Gasteiger partial charge in [0.2, 0.25) is 0 Å². The number of aromatic amines is 1. The maximum absolute atomic E-state index is 12.6. The Hall–Kier alpha value is -2.60. The van der Waals surface area contributed by atoms with Gasteiger partial charge in [0.05, 0.1) is 22.8 Å². The summed E-state index contributed by atoms with van der Waals surface area (Å²) < 4.78 is 1.61. The molecule has 0 aliphatic heterocycles. The highest BCUT2D eigenvalue weighted by Gasteiger charge is 2.19. The van der Waals surface area contributed by atoms with Crippen molar-refractivity contribution in [2.45, 2.75) is 50.1 Å². The lowest BCUT2D eigenvalue weighted by Gasteiger charge is -2.18. The predicted molar refractivity (Wildman–Crippen MR) is 109 cm³/mol. The van der Waals surface area contributed by atoms with E-state index in [1.54, 1.807) is 10.8 Å². The van der Waals surface area contributed by atoms with E-state index in [-0.39, 0.29) is 11.5 Å². The molecule has 0 saturated carbocycles. The van der Waals surface area contributed by atoms with Gasteiger partial charge in [-0.2, -0.15) is 0 Å². The summed E-state index contributed by atoms with van der Waals surface area (Å²) in [6.07, 6.45) is 1.70. The van der Waals surface area contributed by atoms with Gasteiger partial charge in [-0.15, -0.1) is 0 Å². The molecule has 0 radical (unpaired) electrons. The number of hydrogen-bond acceptors (Lipinski definition) is 4. The van der Waals surface area contributed by atoms with Gasteiger partial charge in [0, 0.05) is 11.1 Å². The Bertz CT molecular complexity index is 1050. The summed E-state index contributed by atoms with van der Waals surface area (Å²) in [6, 6.07) is 11.8. The van der Waals surface area contributed by atoms with E-state index >= 15 is 0 Å². The lowest BCUT2D eigenvalue weighted by Crippen LogP contribution is -2.34. The first kappa shape index (κ1) is 19.2. The van der Waals surface area contributed by atoms with E-state index in [2.05, 4.69) is 28.2 Å². The lowest BCUT2D eigenvalue weighted by molar-refractivity contribution is 0.609. The van der Waals surface area contributed by atoms with Crippen LogP contribution in [0.5, 0.6) is 0 Å². The van der Waals surface area contributed by atoms with Crippen LogP contribution in [0.1, 0.15) is 42.1 Å². The summed E-state index contributed by atoms with van der Waals surface area (Å²) in [5.74, 6) is -0.0160. The van der Waals surface area contributed by atoms with E-state index in [0.29, 0.717) is 17.1 Å². The summed E-state index contributed by atoms with van der Waals surface area (Å²) >= 11 is 1.46. The van der Waals surface area contributed by atoms with Gasteiger partial charge in [-0.1, -0.05) is 37.7 Å². The van der Waals surface area contributed by atoms with Crippen molar-refractivity contribution in [3.05, 3.63) is 85.8 Å². The average Bonchev–Trinajstić information content (AvgIpc) is 2.58. The molecule has 1 aromatic carbocycles. The number of nitrogens with one attached hydrogen (secondary N) is 1. The van der Waals surface area contributed by atoms with Crippen LogP contribution in [-0.2, 0) is 6.54 Å². The molecule has 0 amide bonds. The van der Waals surface area contributed by atoms with Gasteiger partial charge in [-0.25, -0.2) is 4.79 Å². The molecule has 0 aliphatic rings. The van der Waals surface area contributed by atoms with Gasteiger partial charge >= 0.3 is 5.69 Å². The topological polar surface area (TPSA) is 67.8 Å². The van der Waals surface area contributed by atoms with Crippen LogP contribution in [0.2, 0.25) is 0 Å². The minimum atomic E-state index is -0.415. The minimum Gasteiger partial charge on any atom is -0.281 e. The zero-order valence-electron chi connectivity index (χ0n) is 15.9. The monoisotopic (exact) mass is 381 g/mol. The van der Waals surface area contributed by atoms with Crippen LogP contribution in [-0.4, -0.2) is 14.5 Å². The number of aryl methyl sites for hydroxylation is 2. The second kappa shape index (κ2) is 7.96. The summed E-state index contributed by atoms with van der Waals surface area (Å²) in [5.41, 5.74) is 2.94. The number of hydrogen-bond donors (Lipinski definition) is 1. The van der Waals surface area contributed by atoms with E-state index in [1.165, 1.54) is 11.8 Å². The van der Waals surface area contributed by atoms with Crippen LogP contribution in [0.4, 0.5) is 0 Å². The zero-order valence-corrected chi connectivity index (χ0v) is 16.8. The molecule has 3 rings (SSSR count).